The van der Waals surface area contributed by atoms with E-state index in [0.29, 0.717) is 18.0 Å². The van der Waals surface area contributed by atoms with Gasteiger partial charge in [-0.05, 0) is 44.0 Å². The van der Waals surface area contributed by atoms with Gasteiger partial charge in [0.05, 0.1) is 13.0 Å². The number of anilines is 1. The number of carbonyl (C=O) groups excluding carboxylic acids is 3. The zero-order valence-corrected chi connectivity index (χ0v) is 15.8. The summed E-state index contributed by atoms with van der Waals surface area (Å²) in [6.07, 6.45) is 3.51. The molecule has 2 atom stereocenters. The minimum atomic E-state index is -0.935. The largest absolute Gasteiger partial charge is 0.497 e. The number of hydrogen-bond donors (Lipinski definition) is 1. The number of rotatable bonds is 6. The number of esters is 1. The second-order valence-corrected chi connectivity index (χ2v) is 7.18. The zero-order chi connectivity index (χ0) is 19.4. The lowest BCUT2D eigenvalue weighted by atomic mass is 10.1. The van der Waals surface area contributed by atoms with Gasteiger partial charge in [-0.2, -0.15) is 0 Å². The molecular weight excluding hydrogens is 348 g/mol. The molecular formula is C20H26N2O5. The molecule has 0 radical (unpaired) electrons. The van der Waals surface area contributed by atoms with E-state index >= 15 is 0 Å². The topological polar surface area (TPSA) is 84.9 Å². The molecule has 1 aromatic rings. The lowest BCUT2D eigenvalue weighted by Gasteiger charge is -2.24. The molecule has 7 nitrogen and oxygen atoms in total. The van der Waals surface area contributed by atoms with E-state index in [1.54, 1.807) is 31.4 Å². The van der Waals surface area contributed by atoms with Gasteiger partial charge in [0.15, 0.2) is 6.10 Å². The fourth-order valence-corrected chi connectivity index (χ4v) is 3.70. The number of likely N-dealkylation sites (tertiary alicyclic amines) is 1. The number of methoxy groups -OCH3 is 1. The quantitative estimate of drug-likeness (QED) is 0.773. The molecule has 0 bridgehead atoms. The first-order chi connectivity index (χ1) is 13.0. The van der Waals surface area contributed by atoms with Crippen LogP contribution in [0.4, 0.5) is 5.69 Å². The normalized spacial score (nSPS) is 21.2. The molecule has 7 heteroatoms. The van der Waals surface area contributed by atoms with Crippen molar-refractivity contribution in [2.45, 2.75) is 51.2 Å². The lowest BCUT2D eigenvalue weighted by Crippen LogP contribution is -2.36. The molecule has 1 heterocycles. The highest BCUT2D eigenvalue weighted by molar-refractivity contribution is 5.95. The highest BCUT2D eigenvalue weighted by Gasteiger charge is 2.40. The van der Waals surface area contributed by atoms with Gasteiger partial charge in [0.25, 0.3) is 5.91 Å². The minimum absolute atomic E-state index is 0.0131. The molecule has 2 aliphatic rings. The van der Waals surface area contributed by atoms with Crippen LogP contribution in [-0.4, -0.2) is 48.5 Å². The predicted octanol–water partition coefficient (Wildman–Crippen LogP) is 2.36. The number of amides is 2. The Bertz CT molecular complexity index is 697. The molecule has 1 aliphatic heterocycles. The van der Waals surface area contributed by atoms with Gasteiger partial charge >= 0.3 is 5.97 Å². The summed E-state index contributed by atoms with van der Waals surface area (Å²) in [6.45, 7) is 1.93. The molecule has 146 valence electrons. The van der Waals surface area contributed by atoms with Crippen LogP contribution in [0, 0.1) is 5.92 Å². The molecule has 3 rings (SSSR count). The van der Waals surface area contributed by atoms with Gasteiger partial charge in [0, 0.05) is 24.7 Å². The standard InChI is InChI=1S/C20H26N2O5/c1-13(19(24)21-15-7-9-17(26-2)10-8-15)27-20(25)14-11-18(23)22(12-14)16-5-3-4-6-16/h7-10,13-14,16H,3-6,11-12H2,1-2H3,(H,21,24)/t13-,14-/m1/s1. The third kappa shape index (κ3) is 4.59. The van der Waals surface area contributed by atoms with Gasteiger partial charge in [0.1, 0.15) is 5.75 Å². The van der Waals surface area contributed by atoms with Crippen LogP contribution in [0.2, 0.25) is 0 Å². The summed E-state index contributed by atoms with van der Waals surface area (Å²) in [6, 6.07) is 7.13. The van der Waals surface area contributed by atoms with Crippen molar-refractivity contribution in [3.63, 3.8) is 0 Å². The minimum Gasteiger partial charge on any atom is -0.497 e. The summed E-state index contributed by atoms with van der Waals surface area (Å²) in [5.41, 5.74) is 0.590. The number of carbonyl (C=O) groups is 3. The molecule has 0 spiro atoms. The van der Waals surface area contributed by atoms with Crippen LogP contribution in [0.15, 0.2) is 24.3 Å². The molecule has 2 amide bonds. The Morgan fingerprint density at radius 2 is 1.85 bits per heavy atom. The van der Waals surface area contributed by atoms with Crippen molar-refractivity contribution in [1.82, 2.24) is 4.90 Å². The number of nitrogens with zero attached hydrogens (tertiary/aromatic N) is 1. The maximum absolute atomic E-state index is 12.4. The molecule has 2 fully saturated rings. The second kappa shape index (κ2) is 8.41. The van der Waals surface area contributed by atoms with Gasteiger partial charge in [-0.25, -0.2) is 0 Å². The van der Waals surface area contributed by atoms with Crippen LogP contribution < -0.4 is 10.1 Å². The Hall–Kier alpha value is -2.57. The fraction of sp³-hybridized carbons (Fsp3) is 0.550. The summed E-state index contributed by atoms with van der Waals surface area (Å²) in [5.74, 6) is -0.689. The Balaban J connectivity index is 1.50. The highest BCUT2D eigenvalue weighted by Crippen LogP contribution is 2.30. The average Bonchev–Trinajstić information content (AvgIpc) is 3.31. The van der Waals surface area contributed by atoms with Crippen molar-refractivity contribution in [1.29, 1.82) is 0 Å². The molecule has 0 aromatic heterocycles. The number of hydrogen-bond acceptors (Lipinski definition) is 5. The second-order valence-electron chi connectivity index (χ2n) is 7.18. The molecule has 1 aliphatic carbocycles. The smallest absolute Gasteiger partial charge is 0.312 e. The van der Waals surface area contributed by atoms with Crippen molar-refractivity contribution in [3.05, 3.63) is 24.3 Å². The molecule has 1 aromatic carbocycles. The lowest BCUT2D eigenvalue weighted by molar-refractivity contribution is -0.157. The monoisotopic (exact) mass is 374 g/mol. The van der Waals surface area contributed by atoms with Crippen LogP contribution in [-0.2, 0) is 19.1 Å². The molecule has 27 heavy (non-hydrogen) atoms. The van der Waals surface area contributed by atoms with E-state index in [-0.39, 0.29) is 18.4 Å². The van der Waals surface area contributed by atoms with Crippen molar-refractivity contribution < 1.29 is 23.9 Å². The predicted molar refractivity (Wildman–Crippen MR) is 99.3 cm³/mol. The van der Waals surface area contributed by atoms with Gasteiger partial charge < -0.3 is 19.7 Å². The van der Waals surface area contributed by atoms with Gasteiger partial charge in [-0.15, -0.1) is 0 Å². The van der Waals surface area contributed by atoms with Crippen LogP contribution in [0.3, 0.4) is 0 Å². The Morgan fingerprint density at radius 3 is 2.48 bits per heavy atom. The van der Waals surface area contributed by atoms with Crippen molar-refractivity contribution >= 4 is 23.5 Å². The van der Waals surface area contributed by atoms with E-state index in [1.807, 2.05) is 4.90 Å². The van der Waals surface area contributed by atoms with E-state index in [4.69, 9.17) is 9.47 Å². The van der Waals surface area contributed by atoms with Crippen LogP contribution in [0.1, 0.15) is 39.0 Å². The van der Waals surface area contributed by atoms with Crippen molar-refractivity contribution in [2.75, 3.05) is 19.0 Å². The van der Waals surface area contributed by atoms with Crippen molar-refractivity contribution in [3.8, 4) is 5.75 Å². The summed E-state index contributed by atoms with van der Waals surface area (Å²) >= 11 is 0. The Labute approximate surface area is 159 Å². The average molecular weight is 374 g/mol. The third-order valence-electron chi connectivity index (χ3n) is 5.28. The third-order valence-corrected chi connectivity index (χ3v) is 5.28. The first-order valence-electron chi connectivity index (χ1n) is 9.43. The SMILES string of the molecule is COc1ccc(NC(=O)[C@@H](C)OC(=O)[C@@H]2CC(=O)N(C3CCCC3)C2)cc1. The summed E-state index contributed by atoms with van der Waals surface area (Å²) < 4.78 is 10.4. The maximum atomic E-state index is 12.4. The zero-order valence-electron chi connectivity index (χ0n) is 15.8. The van der Waals surface area contributed by atoms with Gasteiger partial charge in [-0.3, -0.25) is 14.4 Å². The number of ether oxygens (including phenoxy) is 2. The van der Waals surface area contributed by atoms with Crippen LogP contribution >= 0.6 is 0 Å². The highest BCUT2D eigenvalue weighted by atomic mass is 16.5. The van der Waals surface area contributed by atoms with E-state index in [0.717, 1.165) is 25.7 Å². The molecule has 1 N–H and O–H groups in total. The number of nitrogens with one attached hydrogen (secondary N) is 1. The summed E-state index contributed by atoms with van der Waals surface area (Å²) in [7, 11) is 1.57. The van der Waals surface area contributed by atoms with Crippen LogP contribution in [0.5, 0.6) is 5.75 Å². The van der Waals surface area contributed by atoms with Gasteiger partial charge in [-0.1, -0.05) is 12.8 Å². The molecule has 0 unspecified atom stereocenters. The first kappa shape index (κ1) is 19.2. The summed E-state index contributed by atoms with van der Waals surface area (Å²) in [5, 5.41) is 2.70. The fourth-order valence-electron chi connectivity index (χ4n) is 3.70. The molecule has 1 saturated heterocycles. The van der Waals surface area contributed by atoms with E-state index in [2.05, 4.69) is 5.32 Å². The van der Waals surface area contributed by atoms with Crippen LogP contribution in [0.25, 0.3) is 0 Å². The van der Waals surface area contributed by atoms with Crippen molar-refractivity contribution in [2.24, 2.45) is 5.92 Å². The Kier molecular flexibility index (Phi) is 5.98. The molecule has 1 saturated carbocycles. The van der Waals surface area contributed by atoms with Gasteiger partial charge in [0.2, 0.25) is 5.91 Å². The van der Waals surface area contributed by atoms with E-state index in [9.17, 15) is 14.4 Å². The maximum Gasteiger partial charge on any atom is 0.312 e. The Morgan fingerprint density at radius 1 is 1.19 bits per heavy atom. The van der Waals surface area contributed by atoms with E-state index in [1.165, 1.54) is 6.92 Å². The van der Waals surface area contributed by atoms with E-state index < -0.39 is 23.9 Å². The summed E-state index contributed by atoms with van der Waals surface area (Å²) in [4.78, 5) is 38.7. The number of benzene rings is 1. The first-order valence-corrected chi connectivity index (χ1v) is 9.43.